The number of amides is 1. The Bertz CT molecular complexity index is 472. The zero-order valence-electron chi connectivity index (χ0n) is 12.9. The standard InChI is InChI=1S/C14H25N3OS/c1-8-11(19-10(3)16-8)9(2)17-12(18)13(4,5)14(6,7)15/h9H,15H2,1-7H3,(H,17,18). The molecule has 0 spiro atoms. The first-order chi connectivity index (χ1) is 8.46. The van der Waals surface area contributed by atoms with Gasteiger partial charge in [-0.3, -0.25) is 4.79 Å². The first-order valence-electron chi connectivity index (χ1n) is 6.50. The highest BCUT2D eigenvalue weighted by Gasteiger charge is 2.40. The number of carbonyl (C=O) groups excluding carboxylic acids is 1. The molecule has 4 nitrogen and oxygen atoms in total. The van der Waals surface area contributed by atoms with Crippen LogP contribution in [0.15, 0.2) is 0 Å². The van der Waals surface area contributed by atoms with Crippen LogP contribution in [0.5, 0.6) is 0 Å². The number of nitrogens with one attached hydrogen (secondary N) is 1. The maximum Gasteiger partial charge on any atom is 0.227 e. The predicted molar refractivity (Wildman–Crippen MR) is 80.2 cm³/mol. The highest BCUT2D eigenvalue weighted by atomic mass is 32.1. The number of thiazole rings is 1. The number of hydrogen-bond acceptors (Lipinski definition) is 4. The SMILES string of the molecule is Cc1nc(C)c(C(C)NC(=O)C(C)(C)C(C)(C)N)s1. The van der Waals surface area contributed by atoms with Crippen LogP contribution in [-0.2, 0) is 4.79 Å². The Balaban J connectivity index is 2.86. The number of aromatic nitrogens is 1. The normalized spacial score (nSPS) is 14.3. The second kappa shape index (κ2) is 5.21. The average Bonchev–Trinajstić information content (AvgIpc) is 2.55. The number of hydrogen-bond donors (Lipinski definition) is 2. The van der Waals surface area contributed by atoms with E-state index < -0.39 is 11.0 Å². The van der Waals surface area contributed by atoms with Gasteiger partial charge in [-0.05, 0) is 48.5 Å². The summed E-state index contributed by atoms with van der Waals surface area (Å²) in [6.45, 7) is 13.4. The van der Waals surface area contributed by atoms with Gasteiger partial charge in [-0.1, -0.05) is 0 Å². The lowest BCUT2D eigenvalue weighted by Gasteiger charge is -2.37. The Hall–Kier alpha value is -0.940. The number of nitrogens with zero attached hydrogens (tertiary/aromatic N) is 1. The van der Waals surface area contributed by atoms with E-state index in [1.54, 1.807) is 11.3 Å². The third-order valence-electron chi connectivity index (χ3n) is 3.86. The molecule has 0 fully saturated rings. The van der Waals surface area contributed by atoms with E-state index in [4.69, 9.17) is 5.73 Å². The molecule has 0 saturated carbocycles. The molecule has 0 bridgehead atoms. The van der Waals surface area contributed by atoms with Crippen molar-refractivity contribution in [2.75, 3.05) is 0 Å². The van der Waals surface area contributed by atoms with Crippen LogP contribution in [0, 0.1) is 19.3 Å². The van der Waals surface area contributed by atoms with Crippen LogP contribution in [-0.4, -0.2) is 16.4 Å². The van der Waals surface area contributed by atoms with E-state index in [9.17, 15) is 4.79 Å². The van der Waals surface area contributed by atoms with Gasteiger partial charge in [0.1, 0.15) is 0 Å². The molecule has 1 aromatic rings. The van der Waals surface area contributed by atoms with Gasteiger partial charge in [0.25, 0.3) is 0 Å². The molecule has 1 amide bonds. The van der Waals surface area contributed by atoms with Gasteiger partial charge < -0.3 is 11.1 Å². The van der Waals surface area contributed by atoms with Gasteiger partial charge in [0, 0.05) is 10.4 Å². The monoisotopic (exact) mass is 283 g/mol. The summed E-state index contributed by atoms with van der Waals surface area (Å²) in [5, 5.41) is 4.07. The van der Waals surface area contributed by atoms with Gasteiger partial charge in [0.2, 0.25) is 5.91 Å². The molecular weight excluding hydrogens is 258 g/mol. The highest BCUT2D eigenvalue weighted by molar-refractivity contribution is 7.11. The topological polar surface area (TPSA) is 68.0 Å². The quantitative estimate of drug-likeness (QED) is 0.892. The minimum Gasteiger partial charge on any atom is -0.348 e. The van der Waals surface area contributed by atoms with Gasteiger partial charge in [-0.15, -0.1) is 11.3 Å². The minimum atomic E-state index is -0.630. The lowest BCUT2D eigenvalue weighted by Crippen LogP contribution is -2.55. The second-order valence-electron chi connectivity index (χ2n) is 6.22. The van der Waals surface area contributed by atoms with E-state index in [-0.39, 0.29) is 11.9 Å². The second-order valence-corrected chi connectivity index (χ2v) is 7.46. The molecule has 0 aliphatic carbocycles. The number of carbonyl (C=O) groups is 1. The predicted octanol–water partition coefficient (Wildman–Crippen LogP) is 2.70. The van der Waals surface area contributed by atoms with Crippen LogP contribution in [0.25, 0.3) is 0 Å². The molecule has 0 aliphatic heterocycles. The maximum absolute atomic E-state index is 12.4. The molecule has 0 saturated heterocycles. The van der Waals surface area contributed by atoms with Crippen molar-refractivity contribution in [1.29, 1.82) is 0 Å². The molecular formula is C14H25N3OS. The summed E-state index contributed by atoms with van der Waals surface area (Å²) in [5.41, 5.74) is 5.87. The van der Waals surface area contributed by atoms with Gasteiger partial charge in [-0.25, -0.2) is 4.98 Å². The van der Waals surface area contributed by atoms with Gasteiger partial charge in [0.15, 0.2) is 0 Å². The van der Waals surface area contributed by atoms with Crippen molar-refractivity contribution in [3.63, 3.8) is 0 Å². The van der Waals surface area contributed by atoms with Crippen molar-refractivity contribution in [2.45, 2.75) is 60.0 Å². The van der Waals surface area contributed by atoms with Crippen LogP contribution < -0.4 is 11.1 Å². The molecule has 1 atom stereocenters. The third-order valence-corrected chi connectivity index (χ3v) is 5.11. The Labute approximate surface area is 119 Å². The number of nitrogens with two attached hydrogens (primary N) is 1. The van der Waals surface area contributed by atoms with Crippen molar-refractivity contribution in [1.82, 2.24) is 10.3 Å². The Morgan fingerprint density at radius 2 is 1.84 bits per heavy atom. The Kier molecular flexibility index (Phi) is 4.42. The summed E-state index contributed by atoms with van der Waals surface area (Å²) in [7, 11) is 0. The fraction of sp³-hybridized carbons (Fsp3) is 0.714. The van der Waals surface area contributed by atoms with Gasteiger partial charge >= 0.3 is 0 Å². The molecule has 1 rings (SSSR count). The summed E-state index contributed by atoms with van der Waals surface area (Å²) < 4.78 is 0. The smallest absolute Gasteiger partial charge is 0.227 e. The van der Waals surface area contributed by atoms with E-state index in [0.29, 0.717) is 0 Å². The molecule has 1 heterocycles. The summed E-state index contributed by atoms with van der Waals surface area (Å²) in [4.78, 5) is 17.9. The Morgan fingerprint density at radius 1 is 1.32 bits per heavy atom. The van der Waals surface area contributed by atoms with E-state index >= 15 is 0 Å². The van der Waals surface area contributed by atoms with E-state index in [2.05, 4.69) is 10.3 Å². The molecule has 0 radical (unpaired) electrons. The molecule has 0 aliphatic rings. The average molecular weight is 283 g/mol. The first kappa shape index (κ1) is 16.1. The summed E-state index contributed by atoms with van der Waals surface area (Å²) in [5.74, 6) is -0.0297. The van der Waals surface area contributed by atoms with E-state index in [1.165, 1.54) is 0 Å². The number of rotatable bonds is 4. The zero-order valence-corrected chi connectivity index (χ0v) is 13.7. The van der Waals surface area contributed by atoms with E-state index in [0.717, 1.165) is 15.6 Å². The highest BCUT2D eigenvalue weighted by Crippen LogP contribution is 2.30. The van der Waals surface area contributed by atoms with Crippen molar-refractivity contribution in [3.05, 3.63) is 15.6 Å². The van der Waals surface area contributed by atoms with Crippen LogP contribution in [0.4, 0.5) is 0 Å². The lowest BCUT2D eigenvalue weighted by molar-refractivity contribution is -0.132. The zero-order chi connectivity index (χ0) is 15.0. The van der Waals surface area contributed by atoms with E-state index in [1.807, 2.05) is 48.5 Å². The number of aryl methyl sites for hydroxylation is 2. The molecule has 19 heavy (non-hydrogen) atoms. The van der Waals surface area contributed by atoms with Crippen molar-refractivity contribution in [2.24, 2.45) is 11.1 Å². The fourth-order valence-electron chi connectivity index (χ4n) is 1.68. The molecule has 108 valence electrons. The van der Waals surface area contributed by atoms with Gasteiger partial charge in [-0.2, -0.15) is 0 Å². The molecule has 1 unspecified atom stereocenters. The molecule has 5 heteroatoms. The fourth-order valence-corrected chi connectivity index (χ4v) is 2.61. The van der Waals surface area contributed by atoms with Crippen LogP contribution in [0.1, 0.15) is 56.2 Å². The largest absolute Gasteiger partial charge is 0.348 e. The molecule has 3 N–H and O–H groups in total. The summed E-state index contributed by atoms with van der Waals surface area (Å²) >= 11 is 1.63. The van der Waals surface area contributed by atoms with Gasteiger partial charge in [0.05, 0.1) is 22.2 Å². The summed E-state index contributed by atoms with van der Waals surface area (Å²) in [6, 6.07) is -0.0414. The van der Waals surface area contributed by atoms with Crippen molar-refractivity contribution in [3.8, 4) is 0 Å². The summed E-state index contributed by atoms with van der Waals surface area (Å²) in [6.07, 6.45) is 0. The lowest BCUT2D eigenvalue weighted by atomic mass is 9.74. The van der Waals surface area contributed by atoms with Crippen LogP contribution in [0.3, 0.4) is 0 Å². The van der Waals surface area contributed by atoms with Crippen molar-refractivity contribution >= 4 is 17.2 Å². The first-order valence-corrected chi connectivity index (χ1v) is 7.32. The van der Waals surface area contributed by atoms with Crippen LogP contribution in [0.2, 0.25) is 0 Å². The van der Waals surface area contributed by atoms with Crippen LogP contribution >= 0.6 is 11.3 Å². The Morgan fingerprint density at radius 3 is 2.21 bits per heavy atom. The third kappa shape index (κ3) is 3.34. The maximum atomic E-state index is 12.4. The molecule has 0 aromatic carbocycles. The molecule has 1 aromatic heterocycles. The minimum absolute atomic E-state index is 0.0297. The van der Waals surface area contributed by atoms with Crippen molar-refractivity contribution < 1.29 is 4.79 Å².